The molecule has 2 amide bonds. The lowest BCUT2D eigenvalue weighted by Gasteiger charge is -2.35. The first-order valence-corrected chi connectivity index (χ1v) is 32.0. The molecule has 7 aromatic rings. The number of thiazole rings is 1. The van der Waals surface area contributed by atoms with E-state index in [0.29, 0.717) is 118 Å². The van der Waals surface area contributed by atoms with E-state index in [-0.39, 0.29) is 89.1 Å². The van der Waals surface area contributed by atoms with Crippen molar-refractivity contribution >= 4 is 62.2 Å². The predicted molar refractivity (Wildman–Crippen MR) is 340 cm³/mol. The molecule has 10 rings (SSSR count). The lowest BCUT2D eigenvalue weighted by molar-refractivity contribution is -0.932. The van der Waals surface area contributed by atoms with Crippen LogP contribution in [0.1, 0.15) is 68.7 Å². The molecule has 5 atom stereocenters. The number of ether oxygens (including phenoxy) is 6. The Balaban J connectivity index is 0.632. The van der Waals surface area contributed by atoms with Gasteiger partial charge in [-0.3, -0.25) is 24.6 Å². The topological polar surface area (TPSA) is 247 Å². The first-order valence-electron chi connectivity index (χ1n) is 30.7. The highest BCUT2D eigenvalue weighted by atomic mass is 35.5. The standard InChI is InChI=1S/C65H80ClFN10O12S/c1-7-57(80)74-18-20-75(21-19-74)63-52-35-53(66)59(51-33-47(78)31-44-10-8-9-11-50(44)51)60(67)61(52)70-65(71-63)88-42(5)37-73-16-14-49(15-17-73)86-28-26-84-24-22-83-23-25-85-27-29-87-54-32-45(62-43(6)68-39-90-62)12-13-46(54)36-69-77(82)56-34-48(79)38-76(56)64(81)58(40(2)3)55-30-41(4)72-89-55/h7-13,30-33,35,39-40,42,48-49,56,58,69,77-79H,1,14-29,34,36-38H2,2-6H3/t42-,48-,56-,58+/m1/s1. The number of piperidine rings is 1. The van der Waals surface area contributed by atoms with Crippen LogP contribution in [0.2, 0.25) is 5.02 Å². The van der Waals surface area contributed by atoms with E-state index < -0.39 is 24.0 Å². The van der Waals surface area contributed by atoms with Crippen LogP contribution >= 0.6 is 22.9 Å². The number of aromatic hydroxyl groups is 1. The Morgan fingerprint density at radius 3 is 2.33 bits per heavy atom. The number of phenols is 1. The zero-order chi connectivity index (χ0) is 63.4. The number of hydroxylamine groups is 1. The summed E-state index contributed by atoms with van der Waals surface area (Å²) in [6, 6.07) is 19.8. The summed E-state index contributed by atoms with van der Waals surface area (Å²) in [4.78, 5) is 48.8. The molecule has 4 N–H and O–H groups in total. The Kier molecular flexibility index (Phi) is 22.7. The number of halogens is 2. The van der Waals surface area contributed by atoms with E-state index >= 15 is 4.39 Å². The van der Waals surface area contributed by atoms with E-state index in [9.17, 15) is 25.0 Å². The quantitative estimate of drug-likeness (QED) is 0.0200. The van der Waals surface area contributed by atoms with Crippen LogP contribution in [0.15, 0.2) is 89.4 Å². The number of piperazine rings is 1. The fourth-order valence-electron chi connectivity index (χ4n) is 11.9. The summed E-state index contributed by atoms with van der Waals surface area (Å²) in [6.45, 7) is 20.1. The highest BCUT2D eigenvalue weighted by Gasteiger charge is 2.44. The van der Waals surface area contributed by atoms with Crippen molar-refractivity contribution in [3.63, 3.8) is 0 Å². The van der Waals surface area contributed by atoms with E-state index in [0.717, 1.165) is 53.0 Å². The lowest BCUT2D eigenvalue weighted by Crippen LogP contribution is -3.19. The van der Waals surface area contributed by atoms with Gasteiger partial charge in [-0.15, -0.1) is 11.3 Å². The maximum absolute atomic E-state index is 17.2. The van der Waals surface area contributed by atoms with E-state index in [1.807, 2.05) is 75.1 Å². The number of carbonyl (C=O) groups is 2. The number of rotatable bonds is 29. The Hall–Kier alpha value is -6.94. The second kappa shape index (κ2) is 30.9. The van der Waals surface area contributed by atoms with Crippen molar-refractivity contribution in [1.29, 1.82) is 0 Å². The molecule has 0 aliphatic carbocycles. The molecule has 3 aliphatic heterocycles. The number of β-amino-alcohol motifs (C(OH)–C–C–N with tert-alkyl or cyclic N) is 1. The van der Waals surface area contributed by atoms with Crippen molar-refractivity contribution in [2.75, 3.05) is 110 Å². The largest absolute Gasteiger partial charge is 0.612 e. The van der Waals surface area contributed by atoms with Crippen LogP contribution in [0, 0.1) is 30.8 Å². The van der Waals surface area contributed by atoms with Crippen molar-refractivity contribution in [1.82, 2.24) is 40.2 Å². The maximum Gasteiger partial charge on any atom is 0.319 e. The number of aromatic nitrogens is 4. The molecule has 482 valence electrons. The van der Waals surface area contributed by atoms with Crippen LogP contribution in [-0.2, 0) is 35.1 Å². The number of anilines is 1. The van der Waals surface area contributed by atoms with Crippen LogP contribution in [0.4, 0.5) is 10.2 Å². The Morgan fingerprint density at radius 2 is 1.64 bits per heavy atom. The Morgan fingerprint density at radius 1 is 0.922 bits per heavy atom. The molecular formula is C65H80ClFN10O12S. The number of benzene rings is 4. The molecule has 3 fully saturated rings. The molecule has 90 heavy (non-hydrogen) atoms. The number of nitrogens with zero attached hydrogens (tertiary/aromatic N) is 8. The molecular weight excluding hydrogens is 1200 g/mol. The summed E-state index contributed by atoms with van der Waals surface area (Å²) in [6.07, 6.45) is 1.09. The first-order chi connectivity index (χ1) is 43.5. The number of fused-ring (bicyclic) bond motifs is 2. The number of aliphatic hydroxyl groups is 1. The van der Waals surface area contributed by atoms with Crippen LogP contribution in [0.5, 0.6) is 17.5 Å². The number of phenolic OH excluding ortho intramolecular Hbond substituents is 1. The third-order valence-electron chi connectivity index (χ3n) is 16.5. The smallest absolute Gasteiger partial charge is 0.319 e. The molecule has 0 bridgehead atoms. The monoisotopic (exact) mass is 1280 g/mol. The molecule has 25 heteroatoms. The van der Waals surface area contributed by atoms with Crippen LogP contribution in [0.3, 0.4) is 0 Å². The number of nitrogens with one attached hydrogen (secondary N) is 2. The van der Waals surface area contributed by atoms with E-state index in [2.05, 4.69) is 32.0 Å². The van der Waals surface area contributed by atoms with Crippen molar-refractivity contribution in [2.24, 2.45) is 5.92 Å². The van der Waals surface area contributed by atoms with Gasteiger partial charge in [-0.25, -0.2) is 9.37 Å². The minimum atomic E-state index is -0.865. The van der Waals surface area contributed by atoms with Gasteiger partial charge in [-0.05, 0) is 91.8 Å². The lowest BCUT2D eigenvalue weighted by atomic mass is 9.91. The van der Waals surface area contributed by atoms with Gasteiger partial charge in [0.2, 0.25) is 11.8 Å². The zero-order valence-corrected chi connectivity index (χ0v) is 53.1. The van der Waals surface area contributed by atoms with Gasteiger partial charge in [0, 0.05) is 74.8 Å². The van der Waals surface area contributed by atoms with E-state index in [4.69, 9.17) is 49.5 Å². The van der Waals surface area contributed by atoms with Crippen molar-refractivity contribution in [2.45, 2.75) is 90.8 Å². The van der Waals surface area contributed by atoms with E-state index in [1.165, 1.54) is 28.4 Å². The number of aliphatic hydroxyl groups excluding tert-OH is 1. The van der Waals surface area contributed by atoms with Crippen molar-refractivity contribution in [3.05, 3.63) is 124 Å². The highest BCUT2D eigenvalue weighted by Crippen LogP contribution is 2.43. The number of hydrogen-bond donors (Lipinski definition) is 4. The number of likely N-dealkylation sites (tertiary alicyclic amines) is 2. The Bertz CT molecular complexity index is 3580. The minimum absolute atomic E-state index is 0.0172. The SMILES string of the molecule is C=CC(=O)N1CCN(c2nc(O[C@H](C)CN3CCC(OCCOCCOCCOCCOc4cc(-c5scnc5C)ccc4CN[NH+]([O-])[C@@H]4C[C@@H](O)CN4C(=O)[C@H](c4cc(C)no4)C(C)C)CC3)nc3c(F)c(-c4cc(O)cc5ccccc45)c(Cl)cc23)CC1. The number of aryl methyl sites for hydroxylation is 2. The molecule has 22 nitrogen and oxygen atoms in total. The van der Waals surface area contributed by atoms with Crippen LogP contribution in [0.25, 0.3) is 43.2 Å². The second-order valence-corrected chi connectivity index (χ2v) is 24.5. The fraction of sp³-hybridized carbons (Fsp3) is 0.477. The predicted octanol–water partition coefficient (Wildman–Crippen LogP) is 7.63. The molecule has 3 saturated heterocycles. The van der Waals surface area contributed by atoms with Crippen molar-refractivity contribution in [3.8, 4) is 39.1 Å². The van der Waals surface area contributed by atoms with Gasteiger partial charge in [0.25, 0.3) is 0 Å². The summed E-state index contributed by atoms with van der Waals surface area (Å²) in [5.74, 6) is -0.478. The average molecular weight is 1280 g/mol. The first kappa shape index (κ1) is 66.0. The molecule has 0 saturated carbocycles. The minimum Gasteiger partial charge on any atom is -0.612 e. The molecule has 3 aromatic heterocycles. The third kappa shape index (κ3) is 16.2. The zero-order valence-electron chi connectivity index (χ0n) is 51.5. The molecule has 0 radical (unpaired) electrons. The van der Waals surface area contributed by atoms with Crippen LogP contribution in [-0.4, -0.2) is 187 Å². The van der Waals surface area contributed by atoms with Gasteiger partial charge in [-0.2, -0.15) is 15.4 Å². The number of carbonyl (C=O) groups excluding carboxylic acids is 2. The van der Waals surface area contributed by atoms with Gasteiger partial charge in [0.15, 0.2) is 12.0 Å². The molecule has 6 heterocycles. The summed E-state index contributed by atoms with van der Waals surface area (Å²) in [7, 11) is 0. The number of hydrogen-bond acceptors (Lipinski definition) is 20. The fourth-order valence-corrected chi connectivity index (χ4v) is 13.0. The van der Waals surface area contributed by atoms with Gasteiger partial charge < -0.3 is 58.2 Å². The maximum atomic E-state index is 17.2. The Labute approximate surface area is 531 Å². The molecule has 4 aromatic carbocycles. The third-order valence-corrected chi connectivity index (χ3v) is 17.7. The van der Waals surface area contributed by atoms with Gasteiger partial charge in [0.1, 0.15) is 47.2 Å². The molecule has 3 aliphatic rings. The summed E-state index contributed by atoms with van der Waals surface area (Å²) < 4.78 is 58.9. The van der Waals surface area contributed by atoms with Gasteiger partial charge >= 0.3 is 6.01 Å². The van der Waals surface area contributed by atoms with Crippen LogP contribution < -0.4 is 25.0 Å². The average Bonchev–Trinajstić information content (AvgIpc) is 1.15. The van der Waals surface area contributed by atoms with Gasteiger partial charge in [0.05, 0.1) is 98.3 Å². The van der Waals surface area contributed by atoms with Gasteiger partial charge in [-0.1, -0.05) is 73.6 Å². The molecule has 0 spiro atoms. The summed E-state index contributed by atoms with van der Waals surface area (Å²) in [5.41, 5.74) is 8.57. The second-order valence-electron chi connectivity index (χ2n) is 23.3. The van der Waals surface area contributed by atoms with Crippen molar-refractivity contribution < 1.29 is 62.3 Å². The summed E-state index contributed by atoms with van der Waals surface area (Å²) >= 11 is 8.47. The summed E-state index contributed by atoms with van der Waals surface area (Å²) in [5, 5.41) is 40.7. The highest BCUT2D eigenvalue weighted by molar-refractivity contribution is 7.13. The van der Waals surface area contributed by atoms with E-state index in [1.54, 1.807) is 35.5 Å². The number of quaternary nitrogens is 1. The number of amides is 2. The normalized spacial score (nSPS) is 17.8. The molecule has 1 unspecified atom stereocenters.